The van der Waals surface area contributed by atoms with Crippen LogP contribution >= 0.6 is 0 Å². The number of amides is 1. The van der Waals surface area contributed by atoms with E-state index in [4.69, 9.17) is 0 Å². The molecular weight excluding hydrogens is 328 g/mol. The van der Waals surface area contributed by atoms with Crippen LogP contribution in [0.25, 0.3) is 10.9 Å². The van der Waals surface area contributed by atoms with E-state index in [1.54, 1.807) is 17.9 Å². The minimum atomic E-state index is -0.157. The number of anilines is 2. The van der Waals surface area contributed by atoms with Crippen molar-refractivity contribution in [2.45, 2.75) is 26.3 Å². The highest BCUT2D eigenvalue weighted by Gasteiger charge is 2.22. The number of nitrogens with one attached hydrogen (secondary N) is 2. The molecule has 1 aliphatic heterocycles. The summed E-state index contributed by atoms with van der Waals surface area (Å²) >= 11 is 0. The summed E-state index contributed by atoms with van der Waals surface area (Å²) in [7, 11) is 0. The standard InChI is InChI=1S/C20H20N4O2/c1-12(19-22-17-6-4-3-5-16(17)20(26)23-19)21-15-7-8-18-14(11-15)9-10-24(18)13(2)25/h3-8,11-12,21H,9-10H2,1-2H3,(H,22,23,26)/t12-/m0/s1. The Kier molecular flexibility index (Phi) is 3.95. The number of rotatable bonds is 3. The topological polar surface area (TPSA) is 78.1 Å². The third-order valence-corrected chi connectivity index (χ3v) is 4.78. The molecule has 2 N–H and O–H groups in total. The van der Waals surface area contributed by atoms with E-state index >= 15 is 0 Å². The maximum atomic E-state index is 12.2. The van der Waals surface area contributed by atoms with Crippen LogP contribution < -0.4 is 15.8 Å². The highest BCUT2D eigenvalue weighted by atomic mass is 16.2. The molecule has 0 spiro atoms. The second-order valence-electron chi connectivity index (χ2n) is 6.60. The van der Waals surface area contributed by atoms with Gasteiger partial charge in [-0.25, -0.2) is 4.98 Å². The van der Waals surface area contributed by atoms with Gasteiger partial charge in [-0.15, -0.1) is 0 Å². The maximum Gasteiger partial charge on any atom is 0.258 e. The monoisotopic (exact) mass is 348 g/mol. The highest BCUT2D eigenvalue weighted by molar-refractivity contribution is 5.94. The number of hydrogen-bond donors (Lipinski definition) is 2. The number of nitrogens with zero attached hydrogens (tertiary/aromatic N) is 2. The molecule has 2 heterocycles. The Bertz CT molecular complexity index is 1060. The van der Waals surface area contributed by atoms with Crippen LogP contribution in [0.3, 0.4) is 0 Å². The molecule has 0 saturated heterocycles. The van der Waals surface area contributed by atoms with Crippen LogP contribution in [-0.4, -0.2) is 22.4 Å². The Morgan fingerprint density at radius 3 is 2.88 bits per heavy atom. The molecule has 0 unspecified atom stereocenters. The average Bonchev–Trinajstić information content (AvgIpc) is 3.05. The first-order chi connectivity index (χ1) is 12.5. The molecule has 0 radical (unpaired) electrons. The molecule has 2 aromatic carbocycles. The van der Waals surface area contributed by atoms with Crippen molar-refractivity contribution < 1.29 is 4.79 Å². The number of carbonyl (C=O) groups excluding carboxylic acids is 1. The fraction of sp³-hybridized carbons (Fsp3) is 0.250. The smallest absolute Gasteiger partial charge is 0.258 e. The van der Waals surface area contributed by atoms with E-state index in [9.17, 15) is 9.59 Å². The van der Waals surface area contributed by atoms with E-state index in [2.05, 4.69) is 21.4 Å². The summed E-state index contributed by atoms with van der Waals surface area (Å²) in [6.45, 7) is 4.27. The predicted octanol–water partition coefficient (Wildman–Crippen LogP) is 3.01. The largest absolute Gasteiger partial charge is 0.375 e. The van der Waals surface area contributed by atoms with Gasteiger partial charge in [0.05, 0.1) is 16.9 Å². The van der Waals surface area contributed by atoms with E-state index in [0.29, 0.717) is 16.7 Å². The summed E-state index contributed by atoms with van der Waals surface area (Å²) in [6.07, 6.45) is 0.851. The van der Waals surface area contributed by atoms with Crippen LogP contribution in [0.2, 0.25) is 0 Å². The minimum absolute atomic E-state index is 0.0655. The molecule has 1 aromatic heterocycles. The lowest BCUT2D eigenvalue weighted by Crippen LogP contribution is -2.25. The Labute approximate surface area is 150 Å². The zero-order chi connectivity index (χ0) is 18.3. The van der Waals surface area contributed by atoms with Gasteiger partial charge in [-0.05, 0) is 49.2 Å². The van der Waals surface area contributed by atoms with Crippen molar-refractivity contribution in [1.82, 2.24) is 9.97 Å². The van der Waals surface area contributed by atoms with Gasteiger partial charge in [-0.1, -0.05) is 12.1 Å². The van der Waals surface area contributed by atoms with Crippen LogP contribution in [0.15, 0.2) is 47.3 Å². The lowest BCUT2D eigenvalue weighted by atomic mass is 10.1. The number of hydrogen-bond acceptors (Lipinski definition) is 4. The number of aromatic nitrogens is 2. The molecule has 0 fully saturated rings. The molecule has 3 aromatic rings. The van der Waals surface area contributed by atoms with E-state index in [0.717, 1.165) is 29.9 Å². The van der Waals surface area contributed by atoms with Gasteiger partial charge in [-0.3, -0.25) is 9.59 Å². The summed E-state index contributed by atoms with van der Waals surface area (Å²) in [5.74, 6) is 0.662. The summed E-state index contributed by atoms with van der Waals surface area (Å²) in [6, 6.07) is 13.1. The Morgan fingerprint density at radius 1 is 1.27 bits per heavy atom. The van der Waals surface area contributed by atoms with E-state index < -0.39 is 0 Å². The second kappa shape index (κ2) is 6.29. The quantitative estimate of drug-likeness (QED) is 0.763. The third-order valence-electron chi connectivity index (χ3n) is 4.78. The molecule has 0 aliphatic carbocycles. The van der Waals surface area contributed by atoms with Crippen LogP contribution in [0.4, 0.5) is 11.4 Å². The van der Waals surface area contributed by atoms with Gasteiger partial charge in [-0.2, -0.15) is 0 Å². The Hall–Kier alpha value is -3.15. The zero-order valence-corrected chi connectivity index (χ0v) is 14.7. The molecule has 6 heteroatoms. The van der Waals surface area contributed by atoms with Crippen molar-refractivity contribution in [3.05, 3.63) is 64.2 Å². The van der Waals surface area contributed by atoms with Crippen molar-refractivity contribution in [2.24, 2.45) is 0 Å². The van der Waals surface area contributed by atoms with Crippen molar-refractivity contribution in [3.63, 3.8) is 0 Å². The van der Waals surface area contributed by atoms with Crippen LogP contribution in [0, 0.1) is 0 Å². The van der Waals surface area contributed by atoms with Crippen molar-refractivity contribution >= 4 is 28.2 Å². The molecule has 4 rings (SSSR count). The van der Waals surface area contributed by atoms with Gasteiger partial charge in [0.1, 0.15) is 5.82 Å². The first kappa shape index (κ1) is 16.3. The molecular formula is C20H20N4O2. The van der Waals surface area contributed by atoms with Gasteiger partial charge >= 0.3 is 0 Å². The minimum Gasteiger partial charge on any atom is -0.375 e. The van der Waals surface area contributed by atoms with Gasteiger partial charge in [0.25, 0.3) is 5.56 Å². The van der Waals surface area contributed by atoms with Gasteiger partial charge in [0.15, 0.2) is 0 Å². The van der Waals surface area contributed by atoms with Crippen LogP contribution in [0.1, 0.15) is 31.3 Å². The van der Waals surface area contributed by atoms with E-state index in [1.807, 2.05) is 37.3 Å². The van der Waals surface area contributed by atoms with Crippen molar-refractivity contribution in [2.75, 3.05) is 16.8 Å². The molecule has 1 atom stereocenters. The summed E-state index contributed by atoms with van der Waals surface area (Å²) in [5, 5.41) is 3.98. The Balaban J connectivity index is 1.60. The number of carbonyl (C=O) groups is 1. The molecule has 26 heavy (non-hydrogen) atoms. The predicted molar refractivity (Wildman–Crippen MR) is 103 cm³/mol. The second-order valence-corrected chi connectivity index (χ2v) is 6.60. The lowest BCUT2D eigenvalue weighted by Gasteiger charge is -2.17. The van der Waals surface area contributed by atoms with E-state index in [1.165, 1.54) is 0 Å². The fourth-order valence-electron chi connectivity index (χ4n) is 3.45. The summed E-state index contributed by atoms with van der Waals surface area (Å²) in [4.78, 5) is 33.1. The summed E-state index contributed by atoms with van der Waals surface area (Å²) < 4.78 is 0. The lowest BCUT2D eigenvalue weighted by molar-refractivity contribution is -0.116. The summed E-state index contributed by atoms with van der Waals surface area (Å²) in [5.41, 5.74) is 3.62. The fourth-order valence-corrected chi connectivity index (χ4v) is 3.45. The first-order valence-corrected chi connectivity index (χ1v) is 8.69. The van der Waals surface area contributed by atoms with E-state index in [-0.39, 0.29) is 17.5 Å². The molecule has 1 aliphatic rings. The molecule has 1 amide bonds. The molecule has 0 bridgehead atoms. The number of para-hydroxylation sites is 1. The first-order valence-electron chi connectivity index (χ1n) is 8.69. The average molecular weight is 348 g/mol. The number of aromatic amines is 1. The van der Waals surface area contributed by atoms with Crippen molar-refractivity contribution in [1.29, 1.82) is 0 Å². The number of H-pyrrole nitrogens is 1. The Morgan fingerprint density at radius 2 is 2.08 bits per heavy atom. The normalized spacial score (nSPS) is 14.3. The molecule has 6 nitrogen and oxygen atoms in total. The van der Waals surface area contributed by atoms with Crippen molar-refractivity contribution in [3.8, 4) is 0 Å². The van der Waals surface area contributed by atoms with Gasteiger partial charge < -0.3 is 15.2 Å². The zero-order valence-electron chi connectivity index (χ0n) is 14.7. The van der Waals surface area contributed by atoms with Gasteiger partial charge in [0.2, 0.25) is 5.91 Å². The maximum absolute atomic E-state index is 12.2. The highest BCUT2D eigenvalue weighted by Crippen LogP contribution is 2.31. The van der Waals surface area contributed by atoms with Crippen LogP contribution in [0.5, 0.6) is 0 Å². The van der Waals surface area contributed by atoms with Crippen LogP contribution in [-0.2, 0) is 11.2 Å². The number of benzene rings is 2. The molecule has 0 saturated carbocycles. The SMILES string of the molecule is CC(=O)N1CCc2cc(N[C@@H](C)c3nc4ccccc4c(=O)[nH]3)ccc21. The van der Waals surface area contributed by atoms with Gasteiger partial charge in [0, 0.05) is 24.8 Å². The number of fused-ring (bicyclic) bond motifs is 2. The molecule has 132 valence electrons. The third kappa shape index (κ3) is 2.83.